The number of rotatable bonds is 8. The van der Waals surface area contributed by atoms with Crippen LogP contribution < -0.4 is 9.44 Å². The molecule has 0 radical (unpaired) electrons. The fourth-order valence-corrected chi connectivity index (χ4v) is 1.93. The van der Waals surface area contributed by atoms with Gasteiger partial charge in [-0.25, -0.2) is 9.44 Å². The lowest BCUT2D eigenvalue weighted by Crippen LogP contribution is -2.38. The van der Waals surface area contributed by atoms with E-state index >= 15 is 0 Å². The first-order chi connectivity index (χ1) is 6.98. The van der Waals surface area contributed by atoms with Gasteiger partial charge in [0.2, 0.25) is 0 Å². The number of nitrogens with zero attached hydrogens (tertiary/aromatic N) is 1. The van der Waals surface area contributed by atoms with Crippen molar-refractivity contribution in [2.75, 3.05) is 13.1 Å². The van der Waals surface area contributed by atoms with Gasteiger partial charge in [-0.3, -0.25) is 0 Å². The van der Waals surface area contributed by atoms with Gasteiger partial charge in [0.15, 0.2) is 0 Å². The van der Waals surface area contributed by atoms with E-state index in [-0.39, 0.29) is 0 Å². The summed E-state index contributed by atoms with van der Waals surface area (Å²) in [4.78, 5) is 0. The summed E-state index contributed by atoms with van der Waals surface area (Å²) in [6, 6.07) is 2.01. The zero-order valence-electron chi connectivity index (χ0n) is 9.28. The second-order valence-electron chi connectivity index (χ2n) is 3.76. The average molecular weight is 233 g/mol. The first-order valence-corrected chi connectivity index (χ1v) is 6.57. The minimum Gasteiger partial charge on any atom is -0.202 e. The molecule has 0 aromatic rings. The average Bonchev–Trinajstić information content (AvgIpc) is 2.15. The summed E-state index contributed by atoms with van der Waals surface area (Å²) in [7, 11) is -3.35. The lowest BCUT2D eigenvalue weighted by molar-refractivity contribution is 0.544. The molecule has 5 nitrogen and oxygen atoms in total. The van der Waals surface area contributed by atoms with Gasteiger partial charge in [0, 0.05) is 19.5 Å². The van der Waals surface area contributed by atoms with E-state index < -0.39 is 10.2 Å². The summed E-state index contributed by atoms with van der Waals surface area (Å²) in [6.45, 7) is 4.70. The molecule has 0 aromatic heterocycles. The monoisotopic (exact) mass is 233 g/mol. The molecule has 88 valence electrons. The molecule has 0 heterocycles. The summed E-state index contributed by atoms with van der Waals surface area (Å²) in [5.74, 6) is 0.292. The topological polar surface area (TPSA) is 82.0 Å². The standard InChI is InChI=1S/C9H19N3O2S/c1-9(2)8-12-15(13,14)11-7-5-3-4-6-10/h9,11-12H,3-5,7-8H2,1-2H3. The Morgan fingerprint density at radius 1 is 1.27 bits per heavy atom. The molecular weight excluding hydrogens is 214 g/mol. The zero-order chi connectivity index (χ0) is 11.7. The molecule has 0 aromatic carbocycles. The fraction of sp³-hybridized carbons (Fsp3) is 0.889. The molecule has 0 bridgehead atoms. The van der Waals surface area contributed by atoms with E-state index in [9.17, 15) is 8.42 Å². The van der Waals surface area contributed by atoms with E-state index in [0.717, 1.165) is 6.42 Å². The molecule has 0 unspecified atom stereocenters. The van der Waals surface area contributed by atoms with Crippen LogP contribution in [-0.4, -0.2) is 21.5 Å². The number of nitrogens with one attached hydrogen (secondary N) is 2. The number of hydrogen-bond donors (Lipinski definition) is 2. The summed E-state index contributed by atoms with van der Waals surface area (Å²) < 4.78 is 27.4. The maximum Gasteiger partial charge on any atom is 0.276 e. The van der Waals surface area contributed by atoms with Crippen molar-refractivity contribution in [1.82, 2.24) is 9.44 Å². The van der Waals surface area contributed by atoms with Crippen LogP contribution in [0, 0.1) is 17.2 Å². The SMILES string of the molecule is CC(C)CNS(=O)(=O)NCCCCC#N. The molecule has 0 aliphatic carbocycles. The lowest BCUT2D eigenvalue weighted by Gasteiger charge is -2.09. The normalized spacial score (nSPS) is 11.6. The quantitative estimate of drug-likeness (QED) is 0.607. The van der Waals surface area contributed by atoms with Crippen molar-refractivity contribution in [3.8, 4) is 6.07 Å². The predicted molar refractivity (Wildman–Crippen MR) is 59.2 cm³/mol. The van der Waals surface area contributed by atoms with E-state index in [2.05, 4.69) is 9.44 Å². The summed E-state index contributed by atoms with van der Waals surface area (Å²) >= 11 is 0. The van der Waals surface area contributed by atoms with E-state index in [4.69, 9.17) is 5.26 Å². The van der Waals surface area contributed by atoms with Crippen LogP contribution >= 0.6 is 0 Å². The molecule has 0 aliphatic heterocycles. The summed E-state index contributed by atoms with van der Waals surface area (Å²) in [5.41, 5.74) is 0. The molecule has 0 amide bonds. The van der Waals surface area contributed by atoms with Gasteiger partial charge in [-0.2, -0.15) is 13.7 Å². The first-order valence-electron chi connectivity index (χ1n) is 5.09. The second kappa shape index (κ2) is 7.63. The molecule has 0 fully saturated rings. The van der Waals surface area contributed by atoms with Crippen molar-refractivity contribution >= 4 is 10.2 Å². The van der Waals surface area contributed by atoms with Crippen LogP contribution in [0.2, 0.25) is 0 Å². The molecule has 6 heteroatoms. The van der Waals surface area contributed by atoms with Crippen LogP contribution in [-0.2, 0) is 10.2 Å². The molecular formula is C9H19N3O2S. The predicted octanol–water partition coefficient (Wildman–Crippen LogP) is 0.760. The van der Waals surface area contributed by atoms with Gasteiger partial charge in [-0.15, -0.1) is 0 Å². The summed E-state index contributed by atoms with van der Waals surface area (Å²) in [5, 5.41) is 8.27. The van der Waals surface area contributed by atoms with Crippen molar-refractivity contribution in [2.45, 2.75) is 33.1 Å². The van der Waals surface area contributed by atoms with Crippen LogP contribution in [0.5, 0.6) is 0 Å². The minimum absolute atomic E-state index is 0.292. The Morgan fingerprint density at radius 2 is 1.93 bits per heavy atom. The molecule has 15 heavy (non-hydrogen) atoms. The Hall–Kier alpha value is -0.640. The minimum atomic E-state index is -3.35. The smallest absolute Gasteiger partial charge is 0.202 e. The van der Waals surface area contributed by atoms with Gasteiger partial charge in [-0.1, -0.05) is 13.8 Å². The number of hydrogen-bond acceptors (Lipinski definition) is 3. The Bertz CT molecular complexity index is 293. The van der Waals surface area contributed by atoms with Crippen molar-refractivity contribution in [2.24, 2.45) is 5.92 Å². The van der Waals surface area contributed by atoms with Crippen LogP contribution in [0.15, 0.2) is 0 Å². The van der Waals surface area contributed by atoms with Gasteiger partial charge in [-0.05, 0) is 18.8 Å². The van der Waals surface area contributed by atoms with E-state index in [1.807, 2.05) is 19.9 Å². The Balaban J connectivity index is 3.62. The van der Waals surface area contributed by atoms with Crippen LogP contribution in [0.3, 0.4) is 0 Å². The molecule has 2 N–H and O–H groups in total. The molecule has 0 aliphatic rings. The lowest BCUT2D eigenvalue weighted by atomic mass is 10.2. The molecule has 0 saturated heterocycles. The third-order valence-corrected chi connectivity index (χ3v) is 2.82. The highest BCUT2D eigenvalue weighted by Gasteiger charge is 2.08. The van der Waals surface area contributed by atoms with Crippen LogP contribution in [0.4, 0.5) is 0 Å². The van der Waals surface area contributed by atoms with Crippen molar-refractivity contribution in [1.29, 1.82) is 5.26 Å². The third-order valence-electron chi connectivity index (χ3n) is 1.69. The Kier molecular flexibility index (Phi) is 7.30. The fourth-order valence-electron chi connectivity index (χ4n) is 0.863. The van der Waals surface area contributed by atoms with E-state index in [1.165, 1.54) is 0 Å². The van der Waals surface area contributed by atoms with Crippen molar-refractivity contribution < 1.29 is 8.42 Å². The van der Waals surface area contributed by atoms with Gasteiger partial charge in [0.25, 0.3) is 10.2 Å². The second-order valence-corrected chi connectivity index (χ2v) is 5.34. The Morgan fingerprint density at radius 3 is 2.47 bits per heavy atom. The van der Waals surface area contributed by atoms with Gasteiger partial charge in [0.1, 0.15) is 0 Å². The van der Waals surface area contributed by atoms with Gasteiger partial charge in [0.05, 0.1) is 6.07 Å². The highest BCUT2D eigenvalue weighted by atomic mass is 32.2. The van der Waals surface area contributed by atoms with Gasteiger partial charge >= 0.3 is 0 Å². The highest BCUT2D eigenvalue weighted by Crippen LogP contribution is 1.93. The molecule has 0 atom stereocenters. The molecule has 0 saturated carbocycles. The summed E-state index contributed by atoms with van der Waals surface area (Å²) in [6.07, 6.45) is 1.89. The van der Waals surface area contributed by atoms with E-state index in [1.54, 1.807) is 0 Å². The number of unbranched alkanes of at least 4 members (excludes halogenated alkanes) is 2. The molecule has 0 rings (SSSR count). The number of nitriles is 1. The van der Waals surface area contributed by atoms with Gasteiger partial charge < -0.3 is 0 Å². The maximum atomic E-state index is 11.3. The maximum absolute atomic E-state index is 11.3. The third kappa shape index (κ3) is 9.66. The first kappa shape index (κ1) is 14.4. The van der Waals surface area contributed by atoms with E-state index in [0.29, 0.717) is 31.8 Å². The van der Waals surface area contributed by atoms with Crippen LogP contribution in [0.25, 0.3) is 0 Å². The Labute approximate surface area is 92.0 Å². The zero-order valence-corrected chi connectivity index (χ0v) is 10.1. The van der Waals surface area contributed by atoms with Crippen molar-refractivity contribution in [3.63, 3.8) is 0 Å². The van der Waals surface area contributed by atoms with Crippen molar-refractivity contribution in [3.05, 3.63) is 0 Å². The van der Waals surface area contributed by atoms with Crippen LogP contribution in [0.1, 0.15) is 33.1 Å². The largest absolute Gasteiger partial charge is 0.276 e. The molecule has 0 spiro atoms. The highest BCUT2D eigenvalue weighted by molar-refractivity contribution is 7.87.